The second-order valence-electron chi connectivity index (χ2n) is 32.5. The summed E-state index contributed by atoms with van der Waals surface area (Å²) in [7, 11) is 0. The summed E-state index contributed by atoms with van der Waals surface area (Å²) in [5, 5.41) is 98.9. The number of carboxylic acids is 3. The normalized spacial score (nSPS) is 14.2. The van der Waals surface area contributed by atoms with Gasteiger partial charge in [0.1, 0.15) is 79.0 Å². The third kappa shape index (κ3) is 39.5. The molecule has 5 aromatic rings. The quantitative estimate of drug-likeness (QED) is 0.00985. The fourth-order valence-corrected chi connectivity index (χ4v) is 14.9. The molecule has 2 heterocycles. The standard InChI is InChI=1S/C87H129N25O22S2/c1-7-47(4)72(112-81(130)62(37-50-41-97-55-24-14-12-22-52(50)55)107-83(132)65(45-113)110-80(129)63(38-68(116)117)108-77(126)58(27-18-32-95-87(92)93)103-79(128)61(106-73(122)53(89)28-33-135-5)36-49-40-96-54-23-13-11-21-51(49)54)85(134)105-56(25-15-16-30-88)74(123)98-42-66(114)101-57(26-17-31-94-86(90)91)76(125)109-64(39-69(118)119)82(131)111-71(46(2)3)84(133)99-43-67(115)102-60(35-48-19-9-8-10-20-48)78(127)104-59(29-34-136-6)75(124)100-44-70(120)121/h8-14,19-24,40-41,46-47,53,56-65,71-72,96-97,113H,7,15-18,25-39,42-45,88-89H2,1-6H3,(H,98,123)(H,99,133)(H,100,124)(H,101,114)(H,102,115)(H,103,128)(H,104,127)(H,105,134)(H,106,122)(H,107,132)(H,108,126)(H,109,125)(H,110,129)(H,111,131)(H,112,130)(H,116,117)(H,118,119)(H,120,121)(H4,90,91,94)(H4,92,93,95)/t47-,53-,56-,57-,58-,59-,60-,61-,62-,63-,64-,65-,71-,72-/m0/s1. The Morgan fingerprint density at radius 1 is 0.390 bits per heavy atom. The number of aromatic nitrogens is 2. The number of aliphatic hydroxyl groups is 1. The second-order valence-corrected chi connectivity index (χ2v) is 34.5. The van der Waals surface area contributed by atoms with Crippen LogP contribution in [0.3, 0.4) is 0 Å². The number of rotatable bonds is 63. The van der Waals surface area contributed by atoms with Gasteiger partial charge >= 0.3 is 17.9 Å². The number of carbonyl (C=O) groups is 18. The van der Waals surface area contributed by atoms with Crippen molar-refractivity contribution in [3.63, 3.8) is 0 Å². The number of para-hydroxylation sites is 2. The van der Waals surface area contributed by atoms with Gasteiger partial charge in [0.05, 0.1) is 38.6 Å². The van der Waals surface area contributed by atoms with E-state index in [9.17, 15) is 96.8 Å². The first-order chi connectivity index (χ1) is 64.7. The van der Waals surface area contributed by atoms with E-state index in [1.54, 1.807) is 111 Å². The highest BCUT2D eigenvalue weighted by Gasteiger charge is 2.40. The molecule has 0 aliphatic carbocycles. The molecule has 33 N–H and O–H groups in total. The number of fused-ring (bicyclic) bond motifs is 2. The molecule has 47 nitrogen and oxygen atoms in total. The topological polar surface area (TPSA) is 776 Å². The van der Waals surface area contributed by atoms with Crippen molar-refractivity contribution in [2.24, 2.45) is 34.8 Å². The molecule has 0 aliphatic heterocycles. The highest BCUT2D eigenvalue weighted by atomic mass is 32.2. The van der Waals surface area contributed by atoms with Crippen molar-refractivity contribution in [1.82, 2.24) is 100 Å². The summed E-state index contributed by atoms with van der Waals surface area (Å²) >= 11 is 2.79. The maximum Gasteiger partial charge on any atom is 0.322 e. The number of carboxylic acid groups (broad SMARTS) is 3. The van der Waals surface area contributed by atoms with Gasteiger partial charge < -0.3 is 144 Å². The van der Waals surface area contributed by atoms with Crippen LogP contribution in [0.5, 0.6) is 0 Å². The molecule has 14 atom stereocenters. The van der Waals surface area contributed by atoms with E-state index in [2.05, 4.69) is 100 Å². The first-order valence-corrected chi connectivity index (χ1v) is 46.9. The van der Waals surface area contributed by atoms with Crippen molar-refractivity contribution in [2.75, 3.05) is 69.9 Å². The van der Waals surface area contributed by atoms with Crippen molar-refractivity contribution in [1.29, 1.82) is 10.8 Å². The van der Waals surface area contributed by atoms with Gasteiger partial charge in [-0.3, -0.25) is 97.1 Å². The van der Waals surface area contributed by atoms with Crippen molar-refractivity contribution in [3.8, 4) is 0 Å². The smallest absolute Gasteiger partial charge is 0.322 e. The first kappa shape index (κ1) is 113. The second kappa shape index (κ2) is 59.1. The Morgan fingerprint density at radius 2 is 0.765 bits per heavy atom. The van der Waals surface area contributed by atoms with Gasteiger partial charge in [-0.05, 0) is 129 Å². The highest BCUT2D eigenvalue weighted by Crippen LogP contribution is 2.23. The van der Waals surface area contributed by atoms with E-state index in [0.717, 1.165) is 0 Å². The Labute approximate surface area is 792 Å². The third-order valence-corrected chi connectivity index (χ3v) is 22.9. The molecule has 15 amide bonds. The van der Waals surface area contributed by atoms with Crippen LogP contribution in [0.2, 0.25) is 0 Å². The minimum Gasteiger partial charge on any atom is -0.481 e. The lowest BCUT2D eigenvalue weighted by atomic mass is 9.96. The van der Waals surface area contributed by atoms with Gasteiger partial charge in [-0.2, -0.15) is 23.5 Å². The van der Waals surface area contributed by atoms with E-state index in [-0.39, 0.29) is 96.7 Å². The lowest BCUT2D eigenvalue weighted by Crippen LogP contribution is -2.62. The third-order valence-electron chi connectivity index (χ3n) is 21.6. The predicted molar refractivity (Wildman–Crippen MR) is 505 cm³/mol. The van der Waals surface area contributed by atoms with Gasteiger partial charge in [0.15, 0.2) is 11.9 Å². The molecular formula is C87H129N25O22S2. The summed E-state index contributed by atoms with van der Waals surface area (Å²) in [5.41, 5.74) is 26.0. The van der Waals surface area contributed by atoms with Gasteiger partial charge in [0.25, 0.3) is 0 Å². The van der Waals surface area contributed by atoms with Crippen LogP contribution >= 0.6 is 23.5 Å². The van der Waals surface area contributed by atoms with Gasteiger partial charge in [-0.15, -0.1) is 0 Å². The van der Waals surface area contributed by atoms with Crippen LogP contribution < -0.4 is 113 Å². The molecule has 5 rings (SSSR count). The van der Waals surface area contributed by atoms with E-state index in [0.29, 0.717) is 56.4 Å². The zero-order chi connectivity index (χ0) is 101. The van der Waals surface area contributed by atoms with E-state index < -0.39 is 248 Å². The minimum absolute atomic E-state index is 0.0165. The number of benzene rings is 3. The lowest BCUT2D eigenvalue weighted by molar-refractivity contribution is -0.142. The molecule has 0 bridgehead atoms. The van der Waals surface area contributed by atoms with Crippen molar-refractivity contribution < 1.29 is 107 Å². The number of hydrogen-bond donors (Lipinski definition) is 29. The Bertz CT molecular complexity index is 4930. The summed E-state index contributed by atoms with van der Waals surface area (Å²) in [6, 6.07) is 1.85. The van der Waals surface area contributed by atoms with Crippen LogP contribution in [0.25, 0.3) is 21.8 Å². The highest BCUT2D eigenvalue weighted by molar-refractivity contribution is 7.98. The molecule has 0 aliphatic rings. The monoisotopic (exact) mass is 1940 g/mol. The maximum atomic E-state index is 15.1. The molecule has 0 unspecified atom stereocenters. The molecule has 2 aromatic heterocycles. The zero-order valence-electron chi connectivity index (χ0n) is 76.6. The van der Waals surface area contributed by atoms with E-state index >= 15 is 4.79 Å². The number of unbranched alkanes of at least 4 members (excludes halogenated alkanes) is 1. The van der Waals surface area contributed by atoms with Gasteiger partial charge in [-0.1, -0.05) is 101 Å². The Morgan fingerprint density at radius 3 is 1.24 bits per heavy atom. The number of nitrogens with one attached hydrogen (secondary N) is 21. The summed E-state index contributed by atoms with van der Waals surface area (Å²) in [4.78, 5) is 255. The maximum absolute atomic E-state index is 15.1. The first-order valence-electron chi connectivity index (χ1n) is 44.2. The number of aromatic amines is 2. The number of aliphatic hydroxyl groups excluding tert-OH is 1. The number of hydrogen-bond acceptors (Lipinski definition) is 25. The summed E-state index contributed by atoms with van der Waals surface area (Å²) in [6.45, 7) is 2.63. The fourth-order valence-electron chi connectivity index (χ4n) is 14.0. The Hall–Kier alpha value is -13.7. The molecule has 136 heavy (non-hydrogen) atoms. The largest absolute Gasteiger partial charge is 0.481 e. The van der Waals surface area contributed by atoms with Crippen molar-refractivity contribution in [3.05, 3.63) is 108 Å². The lowest BCUT2D eigenvalue weighted by Gasteiger charge is -2.29. The minimum atomic E-state index is -2.05. The summed E-state index contributed by atoms with van der Waals surface area (Å²) in [6.07, 6.45) is 4.26. The molecule has 3 aromatic carbocycles. The van der Waals surface area contributed by atoms with Crippen LogP contribution in [0.15, 0.2) is 91.3 Å². The predicted octanol–water partition coefficient (Wildman–Crippen LogP) is -4.94. The number of H-pyrrole nitrogens is 2. The molecular weight excluding hydrogens is 1810 g/mol. The van der Waals surface area contributed by atoms with Crippen LogP contribution in [-0.2, 0) is 106 Å². The number of nitrogens with two attached hydrogens (primary N) is 4. The Kier molecular flexibility index (Phi) is 49.1. The molecule has 0 radical (unpaired) electrons. The number of aliphatic carboxylic acids is 3. The summed E-state index contributed by atoms with van der Waals surface area (Å²) < 4.78 is 0. The van der Waals surface area contributed by atoms with Gasteiger partial charge in [0, 0.05) is 66.6 Å². The van der Waals surface area contributed by atoms with E-state index in [4.69, 9.17) is 38.9 Å². The number of carbonyl (C=O) groups excluding carboxylic acids is 15. The molecule has 0 spiro atoms. The van der Waals surface area contributed by atoms with Crippen molar-refractivity contribution in [2.45, 2.75) is 203 Å². The van der Waals surface area contributed by atoms with Crippen LogP contribution in [-0.4, -0.2) is 297 Å². The SMILES string of the molecule is CC[C@H](C)[C@H](NC(=O)[C@H](Cc1c[nH]c2ccccc12)NC(=O)[C@H](CO)NC(=O)[C@H](CC(=O)O)NC(=O)[C@H](CCCNC(=N)N)NC(=O)[C@H](Cc1c[nH]c2ccccc12)NC(=O)[C@@H](N)CCSC)C(=O)N[C@@H](CCCCN)C(=O)NCC(=O)N[C@@H](CCCNC(=N)N)C(=O)N[C@@H](CC(=O)O)C(=O)N[C@H](C(=O)NCC(=O)N[C@@H](Cc1ccccc1)C(=O)N[C@@H](CCSC)C(=O)NCC(=O)O)C(C)C. The molecule has 0 saturated carbocycles. The van der Waals surface area contributed by atoms with Crippen LogP contribution in [0.4, 0.5) is 0 Å². The van der Waals surface area contributed by atoms with Crippen LogP contribution in [0, 0.1) is 22.7 Å². The number of amides is 15. The molecule has 0 saturated heterocycles. The van der Waals surface area contributed by atoms with Crippen LogP contribution in [0.1, 0.15) is 121 Å². The van der Waals surface area contributed by atoms with E-state index in [1.807, 2.05) is 6.26 Å². The fraction of sp³-hybridized carbons (Fsp3) is 0.517. The molecule has 0 fully saturated rings. The molecule has 746 valence electrons. The molecule has 49 heteroatoms. The summed E-state index contributed by atoms with van der Waals surface area (Å²) in [5.74, 6) is -21.4. The number of guanidine groups is 2. The average Bonchev–Trinajstić information content (AvgIpc) is 1.66. The average molecular weight is 1940 g/mol. The zero-order valence-corrected chi connectivity index (χ0v) is 78.2. The van der Waals surface area contributed by atoms with E-state index in [1.165, 1.54) is 37.4 Å². The Balaban J connectivity index is 1.34. The van der Waals surface area contributed by atoms with Gasteiger partial charge in [-0.25, -0.2) is 0 Å². The van der Waals surface area contributed by atoms with Crippen molar-refractivity contribution >= 4 is 164 Å². The number of thioether (sulfide) groups is 2. The van der Waals surface area contributed by atoms with Gasteiger partial charge in [0.2, 0.25) is 88.6 Å².